The van der Waals surface area contributed by atoms with Crippen molar-refractivity contribution in [3.63, 3.8) is 0 Å². The van der Waals surface area contributed by atoms with Crippen LogP contribution >= 0.6 is 11.6 Å². The van der Waals surface area contributed by atoms with Crippen LogP contribution in [0.15, 0.2) is 24.3 Å². The molecule has 0 bridgehead atoms. The third-order valence-electron chi connectivity index (χ3n) is 4.61. The SMILES string of the molecule is CCN1CCN(C(=O)c2nc(-c3cccc(Cl)c3)[nH]c2C)C(C)C1. The van der Waals surface area contributed by atoms with E-state index in [1.165, 1.54) is 0 Å². The van der Waals surface area contributed by atoms with Crippen LogP contribution in [0.5, 0.6) is 0 Å². The molecule has 6 heteroatoms. The summed E-state index contributed by atoms with van der Waals surface area (Å²) in [6, 6.07) is 7.67. The van der Waals surface area contributed by atoms with Crippen LogP contribution in [0.1, 0.15) is 30.0 Å². The van der Waals surface area contributed by atoms with Crippen molar-refractivity contribution in [2.24, 2.45) is 0 Å². The van der Waals surface area contributed by atoms with E-state index in [0.717, 1.165) is 37.4 Å². The number of H-pyrrole nitrogens is 1. The minimum atomic E-state index is 0.000260. The number of nitrogens with one attached hydrogen (secondary N) is 1. The van der Waals surface area contributed by atoms with Crippen LogP contribution in [0, 0.1) is 6.92 Å². The highest BCUT2D eigenvalue weighted by atomic mass is 35.5. The van der Waals surface area contributed by atoms with Crippen LogP contribution in [0.3, 0.4) is 0 Å². The van der Waals surface area contributed by atoms with Crippen LogP contribution in [-0.2, 0) is 0 Å². The average Bonchev–Trinajstić information content (AvgIpc) is 2.96. The second-order valence-corrected chi connectivity index (χ2v) is 6.75. The molecule has 0 aliphatic carbocycles. The molecule has 1 amide bonds. The summed E-state index contributed by atoms with van der Waals surface area (Å²) in [5.74, 6) is 0.679. The van der Waals surface area contributed by atoms with E-state index >= 15 is 0 Å². The molecule has 0 saturated carbocycles. The Morgan fingerprint density at radius 2 is 2.21 bits per heavy atom. The normalized spacial score (nSPS) is 18.8. The van der Waals surface area contributed by atoms with Crippen molar-refractivity contribution in [1.82, 2.24) is 19.8 Å². The molecule has 3 rings (SSSR count). The third kappa shape index (κ3) is 3.32. The maximum absolute atomic E-state index is 12.9. The van der Waals surface area contributed by atoms with Crippen LogP contribution < -0.4 is 0 Å². The monoisotopic (exact) mass is 346 g/mol. The molecule has 2 heterocycles. The second-order valence-electron chi connectivity index (χ2n) is 6.31. The van der Waals surface area contributed by atoms with Crippen molar-refractivity contribution in [2.45, 2.75) is 26.8 Å². The van der Waals surface area contributed by atoms with E-state index in [-0.39, 0.29) is 11.9 Å². The van der Waals surface area contributed by atoms with Crippen molar-refractivity contribution < 1.29 is 4.79 Å². The molecule has 0 spiro atoms. The number of aromatic nitrogens is 2. The highest BCUT2D eigenvalue weighted by Crippen LogP contribution is 2.23. The third-order valence-corrected chi connectivity index (χ3v) is 4.84. The summed E-state index contributed by atoms with van der Waals surface area (Å²) in [6.45, 7) is 9.73. The zero-order chi connectivity index (χ0) is 17.3. The van der Waals surface area contributed by atoms with Gasteiger partial charge in [0.25, 0.3) is 5.91 Å². The van der Waals surface area contributed by atoms with E-state index in [4.69, 9.17) is 11.6 Å². The molecule has 2 aromatic rings. The minimum absolute atomic E-state index is 0.000260. The molecule has 1 fully saturated rings. The molecule has 1 aromatic carbocycles. The van der Waals surface area contributed by atoms with Crippen LogP contribution in [0.4, 0.5) is 0 Å². The second kappa shape index (κ2) is 6.95. The molecular formula is C18H23ClN4O. The molecule has 0 radical (unpaired) electrons. The lowest BCUT2D eigenvalue weighted by Gasteiger charge is -2.39. The van der Waals surface area contributed by atoms with Gasteiger partial charge in [0.1, 0.15) is 11.5 Å². The number of piperazine rings is 1. The van der Waals surface area contributed by atoms with Gasteiger partial charge in [-0.1, -0.05) is 30.7 Å². The predicted octanol–water partition coefficient (Wildman–Crippen LogP) is 3.20. The number of benzene rings is 1. The van der Waals surface area contributed by atoms with Crippen molar-refractivity contribution in [2.75, 3.05) is 26.2 Å². The first-order valence-corrected chi connectivity index (χ1v) is 8.73. The standard InChI is InChI=1S/C18H23ClN4O/c1-4-22-8-9-23(12(2)11-22)18(24)16-13(3)20-17(21-16)14-6-5-7-15(19)10-14/h5-7,10,12H,4,8-9,11H2,1-3H3,(H,20,21). The first-order chi connectivity index (χ1) is 11.5. The molecule has 1 aliphatic rings. The highest BCUT2D eigenvalue weighted by molar-refractivity contribution is 6.30. The molecule has 1 unspecified atom stereocenters. The Morgan fingerprint density at radius 1 is 1.42 bits per heavy atom. The summed E-state index contributed by atoms with van der Waals surface area (Å²) in [7, 11) is 0. The Labute approximate surface area is 147 Å². The lowest BCUT2D eigenvalue weighted by molar-refractivity contribution is 0.0494. The number of carbonyl (C=O) groups excluding carboxylic acids is 1. The lowest BCUT2D eigenvalue weighted by Crippen LogP contribution is -2.54. The maximum atomic E-state index is 12.9. The number of amides is 1. The number of hydrogen-bond acceptors (Lipinski definition) is 3. The topological polar surface area (TPSA) is 52.2 Å². The highest BCUT2D eigenvalue weighted by Gasteiger charge is 2.29. The molecule has 1 aliphatic heterocycles. The first-order valence-electron chi connectivity index (χ1n) is 8.35. The number of halogens is 1. The summed E-state index contributed by atoms with van der Waals surface area (Å²) >= 11 is 6.05. The van der Waals surface area contributed by atoms with Gasteiger partial charge < -0.3 is 9.88 Å². The Bertz CT molecular complexity index is 742. The van der Waals surface area contributed by atoms with Gasteiger partial charge in [0, 0.05) is 42.0 Å². The fourth-order valence-electron chi connectivity index (χ4n) is 3.20. The van der Waals surface area contributed by atoms with E-state index < -0.39 is 0 Å². The quantitative estimate of drug-likeness (QED) is 0.928. The Morgan fingerprint density at radius 3 is 2.88 bits per heavy atom. The van der Waals surface area contributed by atoms with Crippen molar-refractivity contribution in [3.05, 3.63) is 40.7 Å². The summed E-state index contributed by atoms with van der Waals surface area (Å²) < 4.78 is 0. The van der Waals surface area contributed by atoms with Crippen LogP contribution in [0.2, 0.25) is 5.02 Å². The zero-order valence-corrected chi connectivity index (χ0v) is 15.1. The van der Waals surface area contributed by atoms with Gasteiger partial charge in [-0.05, 0) is 32.5 Å². The number of hydrogen-bond donors (Lipinski definition) is 1. The van der Waals surface area contributed by atoms with E-state index in [1.54, 1.807) is 0 Å². The number of carbonyl (C=O) groups is 1. The molecule has 24 heavy (non-hydrogen) atoms. The maximum Gasteiger partial charge on any atom is 0.274 e. The summed E-state index contributed by atoms with van der Waals surface area (Å²) in [5.41, 5.74) is 2.18. The summed E-state index contributed by atoms with van der Waals surface area (Å²) in [6.07, 6.45) is 0. The molecule has 1 saturated heterocycles. The van der Waals surface area contributed by atoms with Crippen LogP contribution in [0.25, 0.3) is 11.4 Å². The summed E-state index contributed by atoms with van der Waals surface area (Å²) in [4.78, 5) is 25.0. The Hall–Kier alpha value is -1.85. The molecule has 1 aromatic heterocycles. The van der Waals surface area contributed by atoms with E-state index in [0.29, 0.717) is 16.5 Å². The van der Waals surface area contributed by atoms with Crippen LogP contribution in [-0.4, -0.2) is 57.9 Å². The fourth-order valence-corrected chi connectivity index (χ4v) is 3.39. The number of nitrogens with zero attached hydrogens (tertiary/aromatic N) is 3. The molecule has 1 atom stereocenters. The number of imidazole rings is 1. The lowest BCUT2D eigenvalue weighted by atomic mass is 10.1. The van der Waals surface area contributed by atoms with Gasteiger partial charge in [-0.2, -0.15) is 0 Å². The van der Waals surface area contributed by atoms with Gasteiger partial charge in [0.05, 0.1) is 0 Å². The Kier molecular flexibility index (Phi) is 4.92. The zero-order valence-electron chi connectivity index (χ0n) is 14.3. The first kappa shape index (κ1) is 17.0. The molecule has 5 nitrogen and oxygen atoms in total. The number of aryl methyl sites for hydroxylation is 1. The Balaban J connectivity index is 1.84. The minimum Gasteiger partial charge on any atom is -0.341 e. The van der Waals surface area contributed by atoms with Gasteiger partial charge in [-0.3, -0.25) is 9.69 Å². The van der Waals surface area contributed by atoms with E-state index in [1.807, 2.05) is 36.1 Å². The number of aromatic amines is 1. The smallest absolute Gasteiger partial charge is 0.274 e. The molecular weight excluding hydrogens is 324 g/mol. The van der Waals surface area contributed by atoms with Gasteiger partial charge in [-0.25, -0.2) is 4.98 Å². The van der Waals surface area contributed by atoms with Crippen molar-refractivity contribution >= 4 is 17.5 Å². The number of likely N-dealkylation sites (N-methyl/N-ethyl adjacent to an activating group) is 1. The van der Waals surface area contributed by atoms with E-state index in [2.05, 4.69) is 28.7 Å². The summed E-state index contributed by atoms with van der Waals surface area (Å²) in [5, 5.41) is 0.652. The van der Waals surface area contributed by atoms with Crippen molar-refractivity contribution in [1.29, 1.82) is 0 Å². The van der Waals surface area contributed by atoms with Gasteiger partial charge in [-0.15, -0.1) is 0 Å². The largest absolute Gasteiger partial charge is 0.341 e. The molecule has 1 N–H and O–H groups in total. The van der Waals surface area contributed by atoms with Crippen molar-refractivity contribution in [3.8, 4) is 11.4 Å². The number of rotatable bonds is 3. The fraction of sp³-hybridized carbons (Fsp3) is 0.444. The average molecular weight is 347 g/mol. The van der Waals surface area contributed by atoms with Gasteiger partial charge >= 0.3 is 0 Å². The van der Waals surface area contributed by atoms with Gasteiger partial charge in [0.15, 0.2) is 0 Å². The predicted molar refractivity (Wildman–Crippen MR) is 96.4 cm³/mol. The van der Waals surface area contributed by atoms with Gasteiger partial charge in [0.2, 0.25) is 0 Å². The molecule has 128 valence electrons. The van der Waals surface area contributed by atoms with E-state index in [9.17, 15) is 4.79 Å².